The molecule has 0 radical (unpaired) electrons. The fraction of sp³-hybridized carbons (Fsp3) is 1.00. The number of rotatable bonds is 14. The van der Waals surface area contributed by atoms with Crippen LogP contribution in [0.15, 0.2) is 0 Å². The molecule has 1 aliphatic rings. The van der Waals surface area contributed by atoms with Crippen molar-refractivity contribution in [2.24, 2.45) is 5.73 Å². The Labute approximate surface area is 145 Å². The number of quaternary nitrogens is 1. The molecule has 0 atom stereocenters. The molecule has 0 aliphatic carbocycles. The molecule has 0 aromatic carbocycles. The number of nitrogens with zero attached hydrogens (tertiary/aromatic N) is 1. The molecule has 2 N–H and O–H groups in total. The molecule has 1 aliphatic heterocycles. The predicted molar refractivity (Wildman–Crippen MR) is 103 cm³/mol. The van der Waals surface area contributed by atoms with E-state index < -0.39 is 0 Å². The lowest BCUT2D eigenvalue weighted by Gasteiger charge is -2.41. The first-order chi connectivity index (χ1) is 10.8. The molecule has 22 heavy (non-hydrogen) atoms. The zero-order chi connectivity index (χ0) is 15.9. The zero-order valence-corrected chi connectivity index (χ0v) is 15.8. The largest absolute Gasteiger partial charge is 0.330 e. The smallest absolute Gasteiger partial charge is 0.0876 e. The van der Waals surface area contributed by atoms with Gasteiger partial charge in [0.05, 0.1) is 26.2 Å². The molecule has 1 rings (SSSR count). The lowest BCUT2D eigenvalue weighted by Crippen LogP contribution is -2.53. The Morgan fingerprint density at radius 3 is 1.64 bits per heavy atom. The van der Waals surface area contributed by atoms with E-state index in [9.17, 15) is 0 Å². The van der Waals surface area contributed by atoms with E-state index in [1.54, 1.807) is 0 Å². The minimum absolute atomic E-state index is 0.868. The number of thiol groups is 1. The molecule has 0 bridgehead atoms. The van der Waals surface area contributed by atoms with Crippen molar-refractivity contribution in [3.8, 4) is 0 Å². The van der Waals surface area contributed by atoms with Crippen molar-refractivity contribution in [2.75, 3.05) is 38.5 Å². The molecule has 3 heteroatoms. The highest BCUT2D eigenvalue weighted by molar-refractivity contribution is 7.80. The van der Waals surface area contributed by atoms with Gasteiger partial charge in [0.1, 0.15) is 0 Å². The van der Waals surface area contributed by atoms with E-state index in [1.165, 1.54) is 114 Å². The van der Waals surface area contributed by atoms with Gasteiger partial charge in [-0.2, -0.15) is 12.6 Å². The van der Waals surface area contributed by atoms with Crippen LogP contribution in [0.25, 0.3) is 0 Å². The SMILES string of the molecule is NCCCCCCCCCCCC[N+]1(CCS)CCCCC1. The third-order valence-corrected chi connectivity index (χ3v) is 5.63. The molecule has 0 amide bonds. The van der Waals surface area contributed by atoms with Gasteiger partial charge in [-0.3, -0.25) is 0 Å². The van der Waals surface area contributed by atoms with Crippen molar-refractivity contribution in [2.45, 2.75) is 83.5 Å². The summed E-state index contributed by atoms with van der Waals surface area (Å²) in [5, 5.41) is 0. The quantitative estimate of drug-likeness (QED) is 0.268. The second-order valence-corrected chi connectivity index (χ2v) is 7.79. The number of unbranched alkanes of at least 4 members (excludes halogenated alkanes) is 9. The van der Waals surface area contributed by atoms with Gasteiger partial charge in [0.2, 0.25) is 0 Å². The van der Waals surface area contributed by atoms with Crippen LogP contribution in [-0.2, 0) is 0 Å². The van der Waals surface area contributed by atoms with E-state index >= 15 is 0 Å². The average Bonchev–Trinajstić information content (AvgIpc) is 2.54. The van der Waals surface area contributed by atoms with Gasteiger partial charge in [-0.1, -0.05) is 44.9 Å². The Kier molecular flexibility index (Phi) is 12.6. The van der Waals surface area contributed by atoms with Crippen molar-refractivity contribution >= 4 is 12.6 Å². The minimum Gasteiger partial charge on any atom is -0.330 e. The third-order valence-electron chi connectivity index (χ3n) is 5.43. The van der Waals surface area contributed by atoms with Crippen molar-refractivity contribution in [3.63, 3.8) is 0 Å². The minimum atomic E-state index is 0.868. The van der Waals surface area contributed by atoms with Gasteiger partial charge in [-0.25, -0.2) is 0 Å². The monoisotopic (exact) mass is 329 g/mol. The van der Waals surface area contributed by atoms with Crippen molar-refractivity contribution in [1.82, 2.24) is 0 Å². The third kappa shape index (κ3) is 9.42. The topological polar surface area (TPSA) is 26.0 Å². The summed E-state index contributed by atoms with van der Waals surface area (Å²) in [6, 6.07) is 0. The Morgan fingerprint density at radius 2 is 1.14 bits per heavy atom. The first kappa shape index (κ1) is 20.3. The molecule has 0 aromatic rings. The fourth-order valence-electron chi connectivity index (χ4n) is 3.96. The molecule has 0 aromatic heterocycles. The van der Waals surface area contributed by atoms with Crippen LogP contribution in [0.3, 0.4) is 0 Å². The lowest BCUT2D eigenvalue weighted by atomic mass is 10.0. The summed E-state index contributed by atoms with van der Waals surface area (Å²) in [6.45, 7) is 6.42. The summed E-state index contributed by atoms with van der Waals surface area (Å²) in [5.74, 6) is 1.06. The molecule has 0 saturated carbocycles. The van der Waals surface area contributed by atoms with Crippen molar-refractivity contribution < 1.29 is 4.48 Å². The maximum absolute atomic E-state index is 5.51. The molecule has 1 heterocycles. The van der Waals surface area contributed by atoms with Crippen LogP contribution in [0, 0.1) is 0 Å². The Balaban J connectivity index is 1.93. The highest BCUT2D eigenvalue weighted by Crippen LogP contribution is 2.21. The summed E-state index contributed by atoms with van der Waals surface area (Å²) in [5.41, 5.74) is 5.51. The van der Waals surface area contributed by atoms with Crippen molar-refractivity contribution in [1.29, 1.82) is 0 Å². The number of hydrogen-bond donors (Lipinski definition) is 2. The standard InChI is InChI=1S/C19H40N2S/c20-14-10-7-5-3-1-2-4-6-8-11-15-21(18-19-22)16-12-9-13-17-21/h1-20H2/p+1. The Bertz CT molecular complexity index is 234. The van der Waals surface area contributed by atoms with Gasteiger partial charge < -0.3 is 10.2 Å². The van der Waals surface area contributed by atoms with E-state index in [4.69, 9.17) is 5.73 Å². The van der Waals surface area contributed by atoms with E-state index in [2.05, 4.69) is 12.6 Å². The second-order valence-electron chi connectivity index (χ2n) is 7.34. The molecular formula is C19H41N2S+. The summed E-state index contributed by atoms with van der Waals surface area (Å²) in [6.07, 6.45) is 18.4. The average molecular weight is 330 g/mol. The molecule has 0 unspecified atom stereocenters. The predicted octanol–water partition coefficient (Wildman–Crippen LogP) is 4.78. The van der Waals surface area contributed by atoms with Gasteiger partial charge in [-0.05, 0) is 45.1 Å². The van der Waals surface area contributed by atoms with E-state index in [1.807, 2.05) is 0 Å². The molecule has 1 saturated heterocycles. The first-order valence-electron chi connectivity index (χ1n) is 9.99. The summed E-state index contributed by atoms with van der Waals surface area (Å²) in [7, 11) is 0. The number of piperidine rings is 1. The summed E-state index contributed by atoms with van der Waals surface area (Å²) < 4.78 is 1.38. The number of hydrogen-bond acceptors (Lipinski definition) is 2. The van der Waals surface area contributed by atoms with Crippen LogP contribution in [0.2, 0.25) is 0 Å². The molecule has 2 nitrogen and oxygen atoms in total. The van der Waals surface area contributed by atoms with E-state index in [0.717, 1.165) is 12.3 Å². The van der Waals surface area contributed by atoms with Gasteiger partial charge in [-0.15, -0.1) is 0 Å². The molecular weight excluding hydrogens is 288 g/mol. The first-order valence-corrected chi connectivity index (χ1v) is 10.6. The van der Waals surface area contributed by atoms with Gasteiger partial charge in [0, 0.05) is 5.75 Å². The summed E-state index contributed by atoms with van der Waals surface area (Å²) in [4.78, 5) is 0. The van der Waals surface area contributed by atoms with Crippen LogP contribution < -0.4 is 5.73 Å². The van der Waals surface area contributed by atoms with Crippen LogP contribution in [0.5, 0.6) is 0 Å². The number of likely N-dealkylation sites (tertiary alicyclic amines) is 1. The van der Waals surface area contributed by atoms with Gasteiger partial charge in [0.25, 0.3) is 0 Å². The second kappa shape index (κ2) is 13.7. The van der Waals surface area contributed by atoms with Crippen LogP contribution in [0.1, 0.15) is 83.5 Å². The van der Waals surface area contributed by atoms with Crippen LogP contribution >= 0.6 is 12.6 Å². The zero-order valence-electron chi connectivity index (χ0n) is 14.9. The lowest BCUT2D eigenvalue weighted by molar-refractivity contribution is -0.930. The molecule has 0 spiro atoms. The Hall–Kier alpha value is 0.270. The highest BCUT2D eigenvalue weighted by atomic mass is 32.1. The maximum atomic E-state index is 5.51. The van der Waals surface area contributed by atoms with E-state index in [-0.39, 0.29) is 0 Å². The van der Waals surface area contributed by atoms with Crippen LogP contribution in [-0.4, -0.2) is 43.0 Å². The fourth-order valence-corrected chi connectivity index (χ4v) is 4.38. The Morgan fingerprint density at radius 1 is 0.636 bits per heavy atom. The van der Waals surface area contributed by atoms with Crippen LogP contribution in [0.4, 0.5) is 0 Å². The molecule has 1 fully saturated rings. The highest BCUT2D eigenvalue weighted by Gasteiger charge is 2.28. The van der Waals surface area contributed by atoms with E-state index in [0.29, 0.717) is 0 Å². The van der Waals surface area contributed by atoms with Gasteiger partial charge in [0.15, 0.2) is 0 Å². The maximum Gasteiger partial charge on any atom is 0.0876 e. The molecule has 132 valence electrons. The number of nitrogens with two attached hydrogens (primary N) is 1. The summed E-state index contributed by atoms with van der Waals surface area (Å²) >= 11 is 4.49. The normalized spacial score (nSPS) is 17.7. The van der Waals surface area contributed by atoms with Gasteiger partial charge >= 0.3 is 0 Å². The van der Waals surface area contributed by atoms with Crippen molar-refractivity contribution in [3.05, 3.63) is 0 Å².